The van der Waals surface area contributed by atoms with Gasteiger partial charge in [-0.1, -0.05) is 36.7 Å². The number of benzene rings is 1. The van der Waals surface area contributed by atoms with Crippen molar-refractivity contribution in [3.8, 4) is 0 Å². The van der Waals surface area contributed by atoms with Gasteiger partial charge in [-0.25, -0.2) is 0 Å². The second-order valence-electron chi connectivity index (χ2n) is 3.65. The van der Waals surface area contributed by atoms with E-state index in [1.54, 1.807) is 12.1 Å². The first-order chi connectivity index (χ1) is 8.17. The fourth-order valence-corrected chi connectivity index (χ4v) is 1.50. The Morgan fingerprint density at radius 1 is 1.53 bits per heavy atom. The highest BCUT2D eigenvalue weighted by molar-refractivity contribution is 6.32. The van der Waals surface area contributed by atoms with E-state index in [0.29, 0.717) is 11.4 Å². The second kappa shape index (κ2) is 7.09. The zero-order chi connectivity index (χ0) is 12.7. The Morgan fingerprint density at radius 2 is 2.24 bits per heavy atom. The van der Waals surface area contributed by atoms with Crippen molar-refractivity contribution < 1.29 is 9.90 Å². The van der Waals surface area contributed by atoms with Crippen LogP contribution in [0.25, 0.3) is 6.08 Å². The fraction of sp³-hybridized carbons (Fsp3) is 0.308. The van der Waals surface area contributed by atoms with Crippen LogP contribution < -0.4 is 5.32 Å². The van der Waals surface area contributed by atoms with Crippen LogP contribution >= 0.6 is 11.6 Å². The number of nitrogens with one attached hydrogen (secondary N) is 1. The third-order valence-corrected chi connectivity index (χ3v) is 2.72. The Hall–Kier alpha value is -1.32. The summed E-state index contributed by atoms with van der Waals surface area (Å²) in [5.41, 5.74) is 0.793. The smallest absolute Gasteiger partial charge is 0.244 e. The predicted molar refractivity (Wildman–Crippen MR) is 69.8 cm³/mol. The number of hydrogen-bond donors (Lipinski definition) is 2. The molecule has 0 saturated heterocycles. The van der Waals surface area contributed by atoms with Crippen LogP contribution in [0.2, 0.25) is 5.02 Å². The van der Waals surface area contributed by atoms with Crippen LogP contribution in [0.3, 0.4) is 0 Å². The third-order valence-electron chi connectivity index (χ3n) is 2.38. The second-order valence-corrected chi connectivity index (χ2v) is 4.06. The third kappa shape index (κ3) is 4.59. The van der Waals surface area contributed by atoms with Crippen molar-refractivity contribution in [3.05, 3.63) is 40.9 Å². The minimum atomic E-state index is -0.231. The molecule has 0 radical (unpaired) electrons. The highest BCUT2D eigenvalue weighted by Crippen LogP contribution is 2.15. The van der Waals surface area contributed by atoms with Crippen molar-refractivity contribution in [3.63, 3.8) is 0 Å². The van der Waals surface area contributed by atoms with Gasteiger partial charge in [0.1, 0.15) is 0 Å². The number of aliphatic hydroxyl groups is 1. The van der Waals surface area contributed by atoms with Crippen LogP contribution in [0.5, 0.6) is 0 Å². The van der Waals surface area contributed by atoms with Crippen molar-refractivity contribution in [1.82, 2.24) is 5.32 Å². The lowest BCUT2D eigenvalue weighted by molar-refractivity contribution is -0.117. The molecule has 92 valence electrons. The summed E-state index contributed by atoms with van der Waals surface area (Å²) in [5.74, 6) is -0.231. The molecule has 1 aromatic rings. The summed E-state index contributed by atoms with van der Waals surface area (Å²) in [4.78, 5) is 11.5. The monoisotopic (exact) mass is 253 g/mol. The van der Waals surface area contributed by atoms with Crippen LogP contribution in [-0.2, 0) is 4.79 Å². The first-order valence-corrected chi connectivity index (χ1v) is 5.89. The van der Waals surface area contributed by atoms with Crippen molar-refractivity contribution >= 4 is 23.6 Å². The molecule has 1 atom stereocenters. The molecule has 0 spiro atoms. The summed E-state index contributed by atoms with van der Waals surface area (Å²) in [6.07, 6.45) is 3.77. The Morgan fingerprint density at radius 3 is 2.82 bits per heavy atom. The van der Waals surface area contributed by atoms with E-state index in [1.165, 1.54) is 6.08 Å². The number of rotatable bonds is 5. The minimum absolute atomic E-state index is 0.0534. The van der Waals surface area contributed by atoms with Crippen LogP contribution in [0.4, 0.5) is 0 Å². The van der Waals surface area contributed by atoms with Crippen LogP contribution in [0.1, 0.15) is 18.9 Å². The van der Waals surface area contributed by atoms with Gasteiger partial charge in [0.05, 0.1) is 12.6 Å². The number of amides is 1. The molecule has 2 N–H and O–H groups in total. The quantitative estimate of drug-likeness (QED) is 0.791. The lowest BCUT2D eigenvalue weighted by Gasteiger charge is -2.11. The van der Waals surface area contributed by atoms with Gasteiger partial charge in [0.15, 0.2) is 0 Å². The molecular weight excluding hydrogens is 238 g/mol. The largest absolute Gasteiger partial charge is 0.394 e. The molecule has 0 unspecified atom stereocenters. The van der Waals surface area contributed by atoms with E-state index in [0.717, 1.165) is 5.56 Å². The molecule has 0 aliphatic heterocycles. The van der Waals surface area contributed by atoms with E-state index in [4.69, 9.17) is 16.7 Å². The van der Waals surface area contributed by atoms with Gasteiger partial charge in [-0.3, -0.25) is 4.79 Å². The molecule has 0 fully saturated rings. The number of carbonyl (C=O) groups excluding carboxylic acids is 1. The molecule has 0 bridgehead atoms. The minimum Gasteiger partial charge on any atom is -0.394 e. The Kier molecular flexibility index (Phi) is 5.73. The topological polar surface area (TPSA) is 49.3 Å². The summed E-state index contributed by atoms with van der Waals surface area (Å²) in [7, 11) is 0. The van der Waals surface area contributed by atoms with E-state index >= 15 is 0 Å². The molecule has 1 rings (SSSR count). The number of halogens is 1. The van der Waals surface area contributed by atoms with Gasteiger partial charge in [-0.2, -0.15) is 0 Å². The summed E-state index contributed by atoms with van der Waals surface area (Å²) in [5, 5.41) is 12.2. The fourth-order valence-electron chi connectivity index (χ4n) is 1.30. The van der Waals surface area contributed by atoms with Crippen LogP contribution in [0, 0.1) is 0 Å². The van der Waals surface area contributed by atoms with E-state index in [-0.39, 0.29) is 18.6 Å². The maximum absolute atomic E-state index is 11.5. The van der Waals surface area contributed by atoms with E-state index < -0.39 is 0 Å². The van der Waals surface area contributed by atoms with Crippen molar-refractivity contribution in [2.24, 2.45) is 0 Å². The summed E-state index contributed by atoms with van der Waals surface area (Å²) < 4.78 is 0. The van der Waals surface area contributed by atoms with E-state index in [1.807, 2.05) is 25.1 Å². The average molecular weight is 254 g/mol. The number of carbonyl (C=O) groups is 1. The molecule has 0 saturated carbocycles. The van der Waals surface area contributed by atoms with Gasteiger partial charge < -0.3 is 10.4 Å². The van der Waals surface area contributed by atoms with Crippen molar-refractivity contribution in [2.75, 3.05) is 6.61 Å². The molecule has 0 aromatic heterocycles. The Balaban J connectivity index is 2.60. The van der Waals surface area contributed by atoms with E-state index in [2.05, 4.69) is 5.32 Å². The number of aliphatic hydroxyl groups excluding tert-OH is 1. The first kappa shape index (κ1) is 13.7. The van der Waals surface area contributed by atoms with Gasteiger partial charge in [0.2, 0.25) is 5.91 Å². The van der Waals surface area contributed by atoms with Gasteiger partial charge in [-0.15, -0.1) is 0 Å². The molecule has 1 amide bonds. The summed E-state index contributed by atoms with van der Waals surface area (Å²) in [6, 6.07) is 7.08. The maximum atomic E-state index is 11.5. The zero-order valence-electron chi connectivity index (χ0n) is 9.69. The van der Waals surface area contributed by atoms with Crippen LogP contribution in [0.15, 0.2) is 30.3 Å². The van der Waals surface area contributed by atoms with Gasteiger partial charge in [0, 0.05) is 11.1 Å². The number of hydrogen-bond acceptors (Lipinski definition) is 2. The Labute approximate surface area is 106 Å². The normalized spacial score (nSPS) is 12.6. The van der Waals surface area contributed by atoms with Gasteiger partial charge in [-0.05, 0) is 24.1 Å². The standard InChI is InChI=1S/C13H16ClNO2/c1-2-11(9-16)15-13(17)8-7-10-5-3-4-6-12(10)14/h3-8,11,16H,2,9H2,1H3,(H,15,17)/b8-7+/t11-/m1/s1. The maximum Gasteiger partial charge on any atom is 0.244 e. The SMILES string of the molecule is CC[C@H](CO)NC(=O)/C=C/c1ccccc1Cl. The first-order valence-electron chi connectivity index (χ1n) is 5.51. The summed E-state index contributed by atoms with van der Waals surface area (Å²) in [6.45, 7) is 1.85. The molecule has 4 heteroatoms. The Bertz CT molecular complexity index is 400. The molecule has 0 aliphatic rings. The highest BCUT2D eigenvalue weighted by atomic mass is 35.5. The highest BCUT2D eigenvalue weighted by Gasteiger charge is 2.06. The molecule has 0 aliphatic carbocycles. The van der Waals surface area contributed by atoms with Gasteiger partial charge in [0.25, 0.3) is 0 Å². The molecule has 17 heavy (non-hydrogen) atoms. The predicted octanol–water partition coefficient (Wildman–Crippen LogP) is 2.24. The average Bonchev–Trinajstić information content (AvgIpc) is 2.35. The lowest BCUT2D eigenvalue weighted by atomic mass is 10.2. The zero-order valence-corrected chi connectivity index (χ0v) is 10.4. The summed E-state index contributed by atoms with van der Waals surface area (Å²) >= 11 is 5.95. The molecular formula is C13H16ClNO2. The van der Waals surface area contributed by atoms with Crippen LogP contribution in [-0.4, -0.2) is 23.7 Å². The molecule has 1 aromatic carbocycles. The van der Waals surface area contributed by atoms with Crippen molar-refractivity contribution in [2.45, 2.75) is 19.4 Å². The van der Waals surface area contributed by atoms with Crippen molar-refractivity contribution in [1.29, 1.82) is 0 Å². The lowest BCUT2D eigenvalue weighted by Crippen LogP contribution is -2.35. The molecule has 3 nitrogen and oxygen atoms in total. The van der Waals surface area contributed by atoms with E-state index in [9.17, 15) is 4.79 Å². The van der Waals surface area contributed by atoms with Gasteiger partial charge >= 0.3 is 0 Å². The molecule has 0 heterocycles.